The highest BCUT2D eigenvalue weighted by Crippen LogP contribution is 2.37. The smallest absolute Gasteiger partial charge is 0.341 e. The Morgan fingerprint density at radius 3 is 1.93 bits per heavy atom. The Balaban J connectivity index is 2.12. The van der Waals surface area contributed by atoms with Crippen LogP contribution in [0.15, 0.2) is 59.5 Å². The molecule has 0 spiro atoms. The van der Waals surface area contributed by atoms with E-state index in [9.17, 15) is 22.8 Å². The molecule has 2 rings (SSSR count). The van der Waals surface area contributed by atoms with Gasteiger partial charge in [0.25, 0.3) is 0 Å². The summed E-state index contributed by atoms with van der Waals surface area (Å²) in [5.41, 5.74) is -2.81. The van der Waals surface area contributed by atoms with Gasteiger partial charge in [-0.1, -0.05) is 65.0 Å². The average Bonchev–Trinajstić information content (AvgIpc) is 2.92. The van der Waals surface area contributed by atoms with E-state index in [1.165, 1.54) is 30.3 Å². The summed E-state index contributed by atoms with van der Waals surface area (Å²) in [6.45, 7) is 20.6. The minimum atomic E-state index is -4.25. The summed E-state index contributed by atoms with van der Waals surface area (Å²) in [5, 5.41) is 2.68. The summed E-state index contributed by atoms with van der Waals surface area (Å²) >= 11 is 0. The summed E-state index contributed by atoms with van der Waals surface area (Å²) < 4.78 is 43.5. The van der Waals surface area contributed by atoms with Gasteiger partial charge < -0.3 is 19.0 Å². The zero-order valence-corrected chi connectivity index (χ0v) is 30.2. The number of ether oxygens (including phenoxy) is 2. The van der Waals surface area contributed by atoms with Gasteiger partial charge in [0.05, 0.1) is 22.3 Å². The molecule has 0 saturated heterocycles. The van der Waals surface area contributed by atoms with Crippen molar-refractivity contribution in [3.8, 4) is 5.75 Å². The van der Waals surface area contributed by atoms with E-state index in [1.807, 2.05) is 48.5 Å². The third-order valence-electron chi connectivity index (χ3n) is 8.10. The van der Waals surface area contributed by atoms with Crippen LogP contribution in [0.4, 0.5) is 5.69 Å². The molecule has 0 aliphatic carbocycles. The molecular weight excluding hydrogens is 606 g/mol. The van der Waals surface area contributed by atoms with E-state index in [1.54, 1.807) is 52.0 Å². The monoisotopic (exact) mass is 659 g/mol. The number of carbonyl (C=O) groups excluding carboxylic acids is 3. The Bertz CT molecular complexity index is 1450. The molecule has 9 nitrogen and oxygen atoms in total. The van der Waals surface area contributed by atoms with Crippen LogP contribution in [0.1, 0.15) is 95.4 Å². The minimum absolute atomic E-state index is 0.0621. The number of rotatable bonds is 16. The lowest BCUT2D eigenvalue weighted by Gasteiger charge is -2.42. The number of ketones is 2. The Hall–Kier alpha value is -3.08. The first-order valence-corrected chi connectivity index (χ1v) is 17.2. The van der Waals surface area contributed by atoms with Crippen LogP contribution >= 0.6 is 0 Å². The number of hydrogen-bond donors (Lipinski definition) is 1. The summed E-state index contributed by atoms with van der Waals surface area (Å²) in [5.74, 6) is -1.14. The van der Waals surface area contributed by atoms with Gasteiger partial charge in [0, 0.05) is 24.4 Å². The van der Waals surface area contributed by atoms with Gasteiger partial charge in [-0.2, -0.15) is 8.42 Å². The van der Waals surface area contributed by atoms with Gasteiger partial charge in [0.15, 0.2) is 5.78 Å². The molecule has 0 bridgehead atoms. The highest BCUT2D eigenvalue weighted by Gasteiger charge is 2.46. The summed E-state index contributed by atoms with van der Waals surface area (Å²) in [7, 11) is -4.25. The zero-order chi connectivity index (χ0) is 35.1. The maximum atomic E-state index is 13.4. The van der Waals surface area contributed by atoms with Crippen molar-refractivity contribution in [2.75, 3.05) is 11.9 Å². The van der Waals surface area contributed by atoms with Crippen LogP contribution in [-0.2, 0) is 34.0 Å². The van der Waals surface area contributed by atoms with Gasteiger partial charge in [-0.15, -0.1) is 0 Å². The second-order valence-corrected chi connectivity index (χ2v) is 16.3. The predicted molar refractivity (Wildman–Crippen MR) is 180 cm³/mol. The van der Waals surface area contributed by atoms with E-state index in [2.05, 4.69) is 5.32 Å². The van der Waals surface area contributed by atoms with Crippen molar-refractivity contribution in [3.05, 3.63) is 54.6 Å². The Kier molecular flexibility index (Phi) is 12.9. The number of carbonyl (C=O) groups is 3. The number of nitrogens with one attached hydrogen (secondary N) is 1. The number of Topliss-reactive ketones (excluding diaryl/α,β-unsaturated/α-hetero) is 2. The molecule has 10 heteroatoms. The summed E-state index contributed by atoms with van der Waals surface area (Å²) in [6, 6.07) is 14.1. The van der Waals surface area contributed by atoms with Gasteiger partial charge in [-0.25, -0.2) is 0 Å². The lowest BCUT2D eigenvalue weighted by Crippen LogP contribution is -2.51. The number of amides is 1. The summed E-state index contributed by atoms with van der Waals surface area (Å²) in [6.07, 6.45) is 0.0839. The minimum Gasteiger partial charge on any atom is -0.379 e. The van der Waals surface area contributed by atoms with E-state index in [-0.39, 0.29) is 40.9 Å². The molecule has 2 aromatic carbocycles. The first-order chi connectivity index (χ1) is 21.0. The van der Waals surface area contributed by atoms with E-state index in [0.717, 1.165) is 0 Å². The van der Waals surface area contributed by atoms with Gasteiger partial charge in [0.2, 0.25) is 5.91 Å². The van der Waals surface area contributed by atoms with Gasteiger partial charge in [0.1, 0.15) is 22.5 Å². The molecule has 0 aliphatic heterocycles. The zero-order valence-electron chi connectivity index (χ0n) is 29.4. The highest BCUT2D eigenvalue weighted by atomic mass is 32.2. The molecule has 46 heavy (non-hydrogen) atoms. The van der Waals surface area contributed by atoms with E-state index in [4.69, 9.17) is 13.7 Å². The second-order valence-electron chi connectivity index (χ2n) is 14.8. The fraction of sp³-hybridized carbons (Fsp3) is 0.583. The van der Waals surface area contributed by atoms with Gasteiger partial charge in [-0.05, 0) is 78.6 Å². The van der Waals surface area contributed by atoms with Crippen LogP contribution in [-0.4, -0.2) is 49.8 Å². The summed E-state index contributed by atoms with van der Waals surface area (Å²) in [4.78, 5) is 39.8. The number of para-hydroxylation sites is 2. The lowest BCUT2D eigenvalue weighted by molar-refractivity contribution is -0.166. The fourth-order valence-electron chi connectivity index (χ4n) is 5.02. The molecule has 1 amide bonds. The normalized spacial score (nSPS) is 14.3. The molecule has 0 aliphatic rings. The van der Waals surface area contributed by atoms with E-state index < -0.39 is 50.1 Å². The Labute approximate surface area is 275 Å². The van der Waals surface area contributed by atoms with Crippen molar-refractivity contribution in [3.63, 3.8) is 0 Å². The molecule has 2 aromatic rings. The molecule has 1 N–H and O–H groups in total. The van der Waals surface area contributed by atoms with E-state index >= 15 is 0 Å². The lowest BCUT2D eigenvalue weighted by atomic mass is 9.72. The molecule has 0 aromatic heterocycles. The number of anilines is 1. The van der Waals surface area contributed by atoms with Gasteiger partial charge in [-0.3, -0.25) is 14.4 Å². The van der Waals surface area contributed by atoms with Crippen LogP contribution in [0, 0.1) is 16.7 Å². The first kappa shape index (κ1) is 39.1. The molecular formula is C36H53NO8S. The van der Waals surface area contributed by atoms with Crippen LogP contribution in [0.5, 0.6) is 5.75 Å². The molecule has 0 fully saturated rings. The van der Waals surface area contributed by atoms with Gasteiger partial charge >= 0.3 is 10.1 Å². The number of benzene rings is 2. The highest BCUT2D eigenvalue weighted by molar-refractivity contribution is 7.87. The fourth-order valence-corrected chi connectivity index (χ4v) is 6.11. The average molecular weight is 660 g/mol. The predicted octanol–water partition coefficient (Wildman–Crippen LogP) is 7.39. The Morgan fingerprint density at radius 1 is 0.804 bits per heavy atom. The Morgan fingerprint density at radius 2 is 1.37 bits per heavy atom. The van der Waals surface area contributed by atoms with Crippen molar-refractivity contribution in [2.24, 2.45) is 16.7 Å². The largest absolute Gasteiger partial charge is 0.379 e. The van der Waals surface area contributed by atoms with Crippen LogP contribution in [0.25, 0.3) is 0 Å². The van der Waals surface area contributed by atoms with Crippen molar-refractivity contribution < 1.29 is 36.5 Å². The van der Waals surface area contributed by atoms with Crippen molar-refractivity contribution in [2.45, 2.75) is 118 Å². The van der Waals surface area contributed by atoms with Crippen molar-refractivity contribution >= 4 is 33.3 Å². The maximum Gasteiger partial charge on any atom is 0.341 e. The topological polar surface area (TPSA) is 125 Å². The second kappa shape index (κ2) is 15.2. The third kappa shape index (κ3) is 11.0. The first-order valence-electron chi connectivity index (χ1n) is 15.8. The molecule has 0 radical (unpaired) electrons. The van der Waals surface area contributed by atoms with Crippen LogP contribution in [0.2, 0.25) is 0 Å². The molecule has 2 unspecified atom stereocenters. The quantitative estimate of drug-likeness (QED) is 0.146. The molecule has 0 saturated carbocycles. The molecule has 2 atom stereocenters. The maximum absolute atomic E-state index is 13.4. The SMILES string of the molecule is CC(OC(C)(C)C)C(=O)C(C)(C)C(C)(C)OCCCC(CC(=O)Nc1ccccc1S(=O)(=O)Oc1ccccc1)C(=O)C(C)(C)C. The van der Waals surface area contributed by atoms with Crippen molar-refractivity contribution in [1.82, 2.24) is 0 Å². The third-order valence-corrected chi connectivity index (χ3v) is 9.41. The number of hydrogen-bond acceptors (Lipinski definition) is 8. The molecule has 0 heterocycles. The van der Waals surface area contributed by atoms with Crippen LogP contribution < -0.4 is 9.50 Å². The van der Waals surface area contributed by atoms with Crippen molar-refractivity contribution in [1.29, 1.82) is 0 Å². The van der Waals surface area contributed by atoms with E-state index in [0.29, 0.717) is 12.8 Å². The molecule has 256 valence electrons. The standard InChI is InChI=1S/C36H53NO8S/c1-25(44-34(5,6)7)31(39)35(8,9)36(10,11)43-23-17-18-26(32(40)33(2,3)4)24-30(38)37-28-21-15-16-22-29(28)46(41,42)45-27-19-13-12-14-20-27/h12-16,19-22,25-26H,17-18,23-24H2,1-11H3,(H,37,38). The van der Waals surface area contributed by atoms with Crippen LogP contribution in [0.3, 0.4) is 0 Å².